The predicted octanol–water partition coefficient (Wildman–Crippen LogP) is 3.91. The third-order valence-electron chi connectivity index (χ3n) is 4.57. The molecule has 0 aliphatic carbocycles. The second-order valence-corrected chi connectivity index (χ2v) is 6.63. The third kappa shape index (κ3) is 2.64. The first kappa shape index (κ1) is 16.6. The molecule has 0 saturated heterocycles. The number of nitrogens with zero attached hydrogens (tertiary/aromatic N) is 7. The molecule has 5 aromatic heterocycles. The molecule has 0 bridgehead atoms. The van der Waals surface area contributed by atoms with Gasteiger partial charge in [0.15, 0.2) is 11.0 Å². The zero-order valence-corrected chi connectivity index (χ0v) is 15.6. The number of fused-ring (bicyclic) bond motifs is 1. The van der Waals surface area contributed by atoms with Crippen LogP contribution in [0.15, 0.2) is 67.6 Å². The predicted molar refractivity (Wildman–Crippen MR) is 107 cm³/mol. The molecule has 5 heterocycles. The van der Waals surface area contributed by atoms with Gasteiger partial charge in [-0.1, -0.05) is 11.6 Å². The minimum atomic E-state index is 0.361. The lowest BCUT2D eigenvalue weighted by molar-refractivity contribution is 0.860. The van der Waals surface area contributed by atoms with Crippen LogP contribution in [-0.2, 0) is 7.05 Å². The average Bonchev–Trinajstić information content (AvgIpc) is 3.33. The smallest absolute Gasteiger partial charge is 0.217 e. The van der Waals surface area contributed by atoms with Crippen molar-refractivity contribution in [1.82, 2.24) is 34.1 Å². The Morgan fingerprint density at radius 1 is 0.893 bits per heavy atom. The molecule has 0 N–H and O–H groups in total. The van der Waals surface area contributed by atoms with Crippen LogP contribution in [0.1, 0.15) is 0 Å². The van der Waals surface area contributed by atoms with Crippen LogP contribution in [0.2, 0.25) is 5.15 Å². The Balaban J connectivity index is 1.84. The van der Waals surface area contributed by atoms with Gasteiger partial charge >= 0.3 is 0 Å². The molecule has 0 radical (unpaired) electrons. The normalized spacial score (nSPS) is 11.2. The average molecular weight is 388 g/mol. The van der Waals surface area contributed by atoms with Crippen molar-refractivity contribution >= 4 is 17.1 Å². The summed E-state index contributed by atoms with van der Waals surface area (Å²) in [6.45, 7) is 0. The molecule has 0 aliphatic heterocycles. The van der Waals surface area contributed by atoms with E-state index in [1.165, 1.54) is 0 Å². The van der Waals surface area contributed by atoms with E-state index in [4.69, 9.17) is 11.6 Å². The van der Waals surface area contributed by atoms with Gasteiger partial charge in [-0.25, -0.2) is 14.5 Å². The molecule has 0 fully saturated rings. The van der Waals surface area contributed by atoms with E-state index in [9.17, 15) is 0 Å². The number of hydrogen-bond donors (Lipinski definition) is 0. The van der Waals surface area contributed by atoms with E-state index in [2.05, 4.69) is 25.0 Å². The Morgan fingerprint density at radius 2 is 1.57 bits per heavy atom. The van der Waals surface area contributed by atoms with Gasteiger partial charge in [-0.15, -0.1) is 5.10 Å². The van der Waals surface area contributed by atoms with Gasteiger partial charge < -0.3 is 4.57 Å². The number of imidazole rings is 1. The molecule has 7 nitrogen and oxygen atoms in total. The van der Waals surface area contributed by atoms with Gasteiger partial charge in [-0.2, -0.15) is 0 Å². The van der Waals surface area contributed by atoms with Crippen LogP contribution in [0, 0.1) is 0 Å². The second-order valence-electron chi connectivity index (χ2n) is 6.27. The van der Waals surface area contributed by atoms with Gasteiger partial charge in [0.25, 0.3) is 0 Å². The summed E-state index contributed by atoms with van der Waals surface area (Å²) in [7, 11) is 1.89. The van der Waals surface area contributed by atoms with E-state index >= 15 is 0 Å². The van der Waals surface area contributed by atoms with E-state index < -0.39 is 0 Å². The molecule has 0 unspecified atom stereocenters. The maximum absolute atomic E-state index is 6.65. The van der Waals surface area contributed by atoms with Crippen LogP contribution in [0.4, 0.5) is 0 Å². The fraction of sp³-hybridized carbons (Fsp3) is 0.0500. The minimum absolute atomic E-state index is 0.361. The molecular formula is C20H14ClN7. The number of rotatable bonds is 3. The molecule has 136 valence electrons. The molecule has 0 aromatic carbocycles. The Bertz CT molecular complexity index is 1280. The number of halogens is 1. The molecule has 0 atom stereocenters. The van der Waals surface area contributed by atoms with Gasteiger partial charge in [0, 0.05) is 61.6 Å². The molecule has 8 heteroatoms. The number of hydrogen-bond acceptors (Lipinski definition) is 5. The monoisotopic (exact) mass is 387 g/mol. The highest BCUT2D eigenvalue weighted by Gasteiger charge is 2.20. The highest BCUT2D eigenvalue weighted by Crippen LogP contribution is 2.39. The first-order valence-corrected chi connectivity index (χ1v) is 8.97. The molecule has 0 amide bonds. The number of pyridine rings is 2. The van der Waals surface area contributed by atoms with Gasteiger partial charge in [-0.3, -0.25) is 9.97 Å². The molecule has 28 heavy (non-hydrogen) atoms. The second kappa shape index (κ2) is 6.54. The van der Waals surface area contributed by atoms with Crippen molar-refractivity contribution in [1.29, 1.82) is 0 Å². The topological polar surface area (TPSA) is 73.8 Å². The summed E-state index contributed by atoms with van der Waals surface area (Å²) in [5.74, 6) is 1.11. The van der Waals surface area contributed by atoms with Crippen molar-refractivity contribution in [2.24, 2.45) is 7.05 Å². The van der Waals surface area contributed by atoms with Crippen molar-refractivity contribution in [3.63, 3.8) is 0 Å². The number of aryl methyl sites for hydroxylation is 1. The zero-order valence-electron chi connectivity index (χ0n) is 14.9. The molecule has 5 rings (SSSR count). The fourth-order valence-corrected chi connectivity index (χ4v) is 3.54. The molecule has 0 saturated carbocycles. The number of aromatic nitrogens is 7. The molecule has 0 spiro atoms. The van der Waals surface area contributed by atoms with Crippen LogP contribution >= 0.6 is 11.6 Å². The molecular weight excluding hydrogens is 374 g/mol. The van der Waals surface area contributed by atoms with E-state index in [1.54, 1.807) is 35.5 Å². The summed E-state index contributed by atoms with van der Waals surface area (Å²) >= 11 is 6.65. The van der Waals surface area contributed by atoms with E-state index in [1.807, 2.05) is 48.3 Å². The van der Waals surface area contributed by atoms with Crippen molar-refractivity contribution in [2.75, 3.05) is 0 Å². The maximum atomic E-state index is 6.65. The first-order valence-electron chi connectivity index (χ1n) is 8.60. The summed E-state index contributed by atoms with van der Waals surface area (Å²) in [5.41, 5.74) is 4.67. The standard InChI is InChI=1S/C20H14ClN7/c1-27-11-10-24-20(27)19-25-18(21)17-16(14-4-8-23-9-5-14)15(12-28(17)26-19)13-2-6-22-7-3-13/h2-12H,1H3. The van der Waals surface area contributed by atoms with Crippen molar-refractivity contribution in [2.45, 2.75) is 0 Å². The Morgan fingerprint density at radius 3 is 2.21 bits per heavy atom. The molecule has 0 aliphatic rings. The summed E-state index contributed by atoms with van der Waals surface area (Å²) in [4.78, 5) is 17.1. The maximum Gasteiger partial charge on any atom is 0.217 e. The largest absolute Gasteiger partial charge is 0.331 e. The summed E-state index contributed by atoms with van der Waals surface area (Å²) in [6, 6.07) is 7.81. The van der Waals surface area contributed by atoms with Gasteiger partial charge in [0.1, 0.15) is 5.52 Å². The fourth-order valence-electron chi connectivity index (χ4n) is 3.28. The van der Waals surface area contributed by atoms with Crippen molar-refractivity contribution in [3.05, 3.63) is 72.8 Å². The van der Waals surface area contributed by atoms with Gasteiger partial charge in [0.05, 0.1) is 0 Å². The van der Waals surface area contributed by atoms with Gasteiger partial charge in [-0.05, 0) is 35.4 Å². The Kier molecular flexibility index (Phi) is 3.87. The SMILES string of the molecule is Cn1ccnc1-c1nc(Cl)c2c(-c3ccncc3)c(-c3ccncc3)cn2n1. The first-order chi connectivity index (χ1) is 13.7. The quantitative estimate of drug-likeness (QED) is 0.469. The van der Waals surface area contributed by atoms with Crippen LogP contribution in [-0.4, -0.2) is 34.1 Å². The van der Waals surface area contributed by atoms with E-state index in [-0.39, 0.29) is 0 Å². The highest BCUT2D eigenvalue weighted by molar-refractivity contribution is 6.33. The van der Waals surface area contributed by atoms with Crippen molar-refractivity contribution < 1.29 is 0 Å². The van der Waals surface area contributed by atoms with Crippen LogP contribution in [0.3, 0.4) is 0 Å². The highest BCUT2D eigenvalue weighted by atomic mass is 35.5. The minimum Gasteiger partial charge on any atom is -0.331 e. The lowest BCUT2D eigenvalue weighted by Crippen LogP contribution is -2.02. The van der Waals surface area contributed by atoms with Gasteiger partial charge in [0.2, 0.25) is 5.82 Å². The molecule has 5 aromatic rings. The van der Waals surface area contributed by atoms with Crippen LogP contribution in [0.25, 0.3) is 39.4 Å². The zero-order chi connectivity index (χ0) is 19.1. The summed E-state index contributed by atoms with van der Waals surface area (Å²) in [6.07, 6.45) is 12.6. The van der Waals surface area contributed by atoms with Crippen LogP contribution in [0.5, 0.6) is 0 Å². The lowest BCUT2D eigenvalue weighted by atomic mass is 9.99. The lowest BCUT2D eigenvalue weighted by Gasteiger charge is -2.07. The Hall–Kier alpha value is -3.58. The van der Waals surface area contributed by atoms with Crippen LogP contribution < -0.4 is 0 Å². The third-order valence-corrected chi connectivity index (χ3v) is 4.83. The van der Waals surface area contributed by atoms with E-state index in [0.29, 0.717) is 16.8 Å². The summed E-state index contributed by atoms with van der Waals surface area (Å²) < 4.78 is 3.62. The summed E-state index contributed by atoms with van der Waals surface area (Å²) in [5, 5.41) is 5.04. The van der Waals surface area contributed by atoms with Crippen molar-refractivity contribution in [3.8, 4) is 33.9 Å². The Labute approximate surface area is 165 Å². The van der Waals surface area contributed by atoms with E-state index in [0.717, 1.165) is 27.8 Å².